The van der Waals surface area contributed by atoms with Crippen LogP contribution in [0.2, 0.25) is 5.02 Å². The number of amides is 1. The maximum atomic E-state index is 12.3. The van der Waals surface area contributed by atoms with Gasteiger partial charge in [0.15, 0.2) is 11.5 Å². The zero-order valence-corrected chi connectivity index (χ0v) is 13.8. The van der Waals surface area contributed by atoms with E-state index in [0.717, 1.165) is 32.4 Å². The first kappa shape index (κ1) is 16.9. The van der Waals surface area contributed by atoms with Crippen LogP contribution in [0.3, 0.4) is 0 Å². The second-order valence-corrected chi connectivity index (χ2v) is 5.76. The lowest BCUT2D eigenvalue weighted by Gasteiger charge is -2.15. The Labute approximate surface area is 136 Å². The minimum atomic E-state index is -0.144. The molecule has 0 saturated carbocycles. The van der Waals surface area contributed by atoms with Crippen LogP contribution in [0.25, 0.3) is 0 Å². The first-order valence-electron chi connectivity index (χ1n) is 7.67. The van der Waals surface area contributed by atoms with Gasteiger partial charge in [-0.05, 0) is 31.5 Å². The quantitative estimate of drug-likeness (QED) is 0.756. The van der Waals surface area contributed by atoms with Gasteiger partial charge in [0.1, 0.15) is 0 Å². The van der Waals surface area contributed by atoms with Crippen LogP contribution in [0.1, 0.15) is 36.5 Å². The maximum Gasteiger partial charge on any atom is 0.251 e. The van der Waals surface area contributed by atoms with E-state index in [2.05, 4.69) is 17.6 Å². The van der Waals surface area contributed by atoms with Gasteiger partial charge in [-0.15, -0.1) is 0 Å². The van der Waals surface area contributed by atoms with E-state index in [4.69, 9.17) is 21.1 Å². The summed E-state index contributed by atoms with van der Waals surface area (Å²) in [6.07, 6.45) is 2.92. The normalized spacial score (nSPS) is 17.3. The molecule has 0 aliphatic carbocycles. The van der Waals surface area contributed by atoms with E-state index in [1.54, 1.807) is 19.2 Å². The molecule has 1 heterocycles. The third-order valence-electron chi connectivity index (χ3n) is 3.63. The van der Waals surface area contributed by atoms with Gasteiger partial charge in [-0.1, -0.05) is 24.9 Å². The summed E-state index contributed by atoms with van der Waals surface area (Å²) in [6, 6.07) is 3.46. The standard InChI is InChI=1S/C16H23ClN2O3/c1-3-4-7-22-15-13(17)8-11(9-14(15)21-2)16(20)19-12-5-6-18-10-12/h8-9,12,18H,3-7,10H2,1-2H3,(H,19,20). The van der Waals surface area contributed by atoms with Gasteiger partial charge < -0.3 is 20.1 Å². The summed E-state index contributed by atoms with van der Waals surface area (Å²) < 4.78 is 11.0. The van der Waals surface area contributed by atoms with Gasteiger partial charge in [-0.3, -0.25) is 4.79 Å². The average molecular weight is 327 g/mol. The van der Waals surface area contributed by atoms with Crippen molar-refractivity contribution in [2.45, 2.75) is 32.2 Å². The van der Waals surface area contributed by atoms with Crippen molar-refractivity contribution in [1.29, 1.82) is 0 Å². The number of benzene rings is 1. The number of halogens is 1. The monoisotopic (exact) mass is 326 g/mol. The maximum absolute atomic E-state index is 12.3. The molecule has 1 aliphatic heterocycles. The summed E-state index contributed by atoms with van der Waals surface area (Å²) in [5.41, 5.74) is 0.483. The first-order chi connectivity index (χ1) is 10.7. The minimum absolute atomic E-state index is 0.144. The van der Waals surface area contributed by atoms with Crippen molar-refractivity contribution in [3.63, 3.8) is 0 Å². The number of nitrogens with one attached hydrogen (secondary N) is 2. The molecule has 5 nitrogen and oxygen atoms in total. The Balaban J connectivity index is 2.11. The predicted molar refractivity (Wildman–Crippen MR) is 87.1 cm³/mol. The van der Waals surface area contributed by atoms with Crippen molar-refractivity contribution >= 4 is 17.5 Å². The molecule has 1 aliphatic rings. The molecule has 22 heavy (non-hydrogen) atoms. The molecule has 1 unspecified atom stereocenters. The molecule has 0 bridgehead atoms. The lowest BCUT2D eigenvalue weighted by Crippen LogP contribution is -2.36. The van der Waals surface area contributed by atoms with Crippen molar-refractivity contribution in [3.05, 3.63) is 22.7 Å². The fourth-order valence-corrected chi connectivity index (χ4v) is 2.62. The van der Waals surface area contributed by atoms with Crippen molar-refractivity contribution in [2.75, 3.05) is 26.8 Å². The zero-order valence-electron chi connectivity index (χ0n) is 13.1. The lowest BCUT2D eigenvalue weighted by molar-refractivity contribution is 0.0939. The Kier molecular flexibility index (Phi) is 6.34. The van der Waals surface area contributed by atoms with Crippen molar-refractivity contribution in [2.24, 2.45) is 0 Å². The summed E-state index contributed by atoms with van der Waals surface area (Å²) in [7, 11) is 1.54. The Hall–Kier alpha value is -1.46. The summed E-state index contributed by atoms with van der Waals surface area (Å²) in [6.45, 7) is 4.40. The minimum Gasteiger partial charge on any atom is -0.493 e. The number of hydrogen-bond acceptors (Lipinski definition) is 4. The number of methoxy groups -OCH3 is 1. The van der Waals surface area contributed by atoms with Crippen LogP contribution in [0, 0.1) is 0 Å². The van der Waals surface area contributed by atoms with E-state index in [0.29, 0.717) is 28.7 Å². The molecule has 122 valence electrons. The van der Waals surface area contributed by atoms with Gasteiger partial charge in [0.05, 0.1) is 18.7 Å². The number of carbonyl (C=O) groups excluding carboxylic acids is 1. The first-order valence-corrected chi connectivity index (χ1v) is 8.05. The Bertz CT molecular complexity index is 516. The highest BCUT2D eigenvalue weighted by molar-refractivity contribution is 6.32. The number of unbranched alkanes of at least 4 members (excludes halogenated alkanes) is 1. The molecule has 0 radical (unpaired) electrons. The number of carbonyl (C=O) groups is 1. The Morgan fingerprint density at radius 3 is 2.95 bits per heavy atom. The second-order valence-electron chi connectivity index (χ2n) is 5.35. The largest absolute Gasteiger partial charge is 0.493 e. The van der Waals surface area contributed by atoms with Crippen molar-refractivity contribution in [1.82, 2.24) is 10.6 Å². The van der Waals surface area contributed by atoms with E-state index >= 15 is 0 Å². The van der Waals surface area contributed by atoms with Crippen LogP contribution < -0.4 is 20.1 Å². The summed E-state index contributed by atoms with van der Waals surface area (Å²) in [4.78, 5) is 12.3. The van der Waals surface area contributed by atoms with Crippen LogP contribution >= 0.6 is 11.6 Å². The molecule has 1 fully saturated rings. The van der Waals surface area contributed by atoms with Crippen LogP contribution in [-0.2, 0) is 0 Å². The summed E-state index contributed by atoms with van der Waals surface area (Å²) in [5.74, 6) is 0.837. The molecule has 1 atom stereocenters. The Morgan fingerprint density at radius 1 is 1.50 bits per heavy atom. The van der Waals surface area contributed by atoms with Gasteiger partial charge in [-0.2, -0.15) is 0 Å². The summed E-state index contributed by atoms with van der Waals surface area (Å²) in [5, 5.41) is 6.60. The molecule has 1 amide bonds. The molecular weight excluding hydrogens is 304 g/mol. The lowest BCUT2D eigenvalue weighted by atomic mass is 10.1. The number of ether oxygens (including phenoxy) is 2. The highest BCUT2D eigenvalue weighted by Crippen LogP contribution is 2.36. The van der Waals surface area contributed by atoms with Crippen molar-refractivity contribution < 1.29 is 14.3 Å². The van der Waals surface area contributed by atoms with E-state index in [9.17, 15) is 4.79 Å². The number of hydrogen-bond donors (Lipinski definition) is 2. The molecule has 2 N–H and O–H groups in total. The fourth-order valence-electron chi connectivity index (χ4n) is 2.36. The van der Waals surface area contributed by atoms with E-state index < -0.39 is 0 Å². The van der Waals surface area contributed by atoms with E-state index in [1.807, 2.05) is 0 Å². The van der Waals surface area contributed by atoms with Gasteiger partial charge in [-0.25, -0.2) is 0 Å². The fraction of sp³-hybridized carbons (Fsp3) is 0.562. The van der Waals surface area contributed by atoms with Gasteiger partial charge in [0.25, 0.3) is 5.91 Å². The molecule has 1 saturated heterocycles. The van der Waals surface area contributed by atoms with Crippen LogP contribution in [0.5, 0.6) is 11.5 Å². The highest BCUT2D eigenvalue weighted by atomic mass is 35.5. The molecule has 6 heteroatoms. The predicted octanol–water partition coefficient (Wildman–Crippen LogP) is 2.62. The second kappa shape index (κ2) is 8.25. The SMILES string of the molecule is CCCCOc1c(Cl)cc(C(=O)NC2CCNC2)cc1OC. The molecular formula is C16H23ClN2O3. The van der Waals surface area contributed by atoms with E-state index in [-0.39, 0.29) is 11.9 Å². The smallest absolute Gasteiger partial charge is 0.251 e. The number of rotatable bonds is 7. The zero-order chi connectivity index (χ0) is 15.9. The van der Waals surface area contributed by atoms with Crippen LogP contribution in [0.15, 0.2) is 12.1 Å². The van der Waals surface area contributed by atoms with Crippen LogP contribution in [0.4, 0.5) is 0 Å². The van der Waals surface area contributed by atoms with Crippen LogP contribution in [-0.4, -0.2) is 38.8 Å². The summed E-state index contributed by atoms with van der Waals surface area (Å²) >= 11 is 6.26. The molecule has 2 rings (SSSR count). The van der Waals surface area contributed by atoms with Gasteiger partial charge in [0.2, 0.25) is 0 Å². The Morgan fingerprint density at radius 2 is 2.32 bits per heavy atom. The van der Waals surface area contributed by atoms with Crippen molar-refractivity contribution in [3.8, 4) is 11.5 Å². The molecule has 1 aromatic carbocycles. The third-order valence-corrected chi connectivity index (χ3v) is 3.91. The van der Waals surface area contributed by atoms with E-state index in [1.165, 1.54) is 0 Å². The van der Waals surface area contributed by atoms with Gasteiger partial charge in [0, 0.05) is 18.2 Å². The van der Waals surface area contributed by atoms with Gasteiger partial charge >= 0.3 is 0 Å². The topological polar surface area (TPSA) is 59.6 Å². The highest BCUT2D eigenvalue weighted by Gasteiger charge is 2.20. The molecule has 0 aromatic heterocycles. The average Bonchev–Trinajstić information content (AvgIpc) is 3.01. The third kappa shape index (κ3) is 4.27. The molecule has 0 spiro atoms. The molecule has 1 aromatic rings.